The predicted octanol–water partition coefficient (Wildman–Crippen LogP) is 4.16. The lowest BCUT2D eigenvalue weighted by molar-refractivity contribution is 0.473. The molecule has 0 saturated heterocycles. The number of rotatable bonds is 5. The van der Waals surface area contributed by atoms with Gasteiger partial charge in [-0.1, -0.05) is 12.1 Å². The summed E-state index contributed by atoms with van der Waals surface area (Å²) in [6.07, 6.45) is 3.23. The molecular formula is C16H14Br2N2O2. The summed E-state index contributed by atoms with van der Waals surface area (Å²) in [5.74, 6) is 0.361. The van der Waals surface area contributed by atoms with Crippen LogP contribution in [-0.4, -0.2) is 35.7 Å². The van der Waals surface area contributed by atoms with Gasteiger partial charge in [0.25, 0.3) is 0 Å². The number of hydrogen-bond donors (Lipinski definition) is 2. The number of aromatic hydroxyl groups is 2. The molecule has 0 fully saturated rings. The second kappa shape index (κ2) is 8.10. The highest BCUT2D eigenvalue weighted by Crippen LogP contribution is 2.24. The van der Waals surface area contributed by atoms with Crippen LogP contribution in [0.3, 0.4) is 0 Å². The Morgan fingerprint density at radius 1 is 0.773 bits per heavy atom. The molecule has 0 aliphatic rings. The summed E-state index contributed by atoms with van der Waals surface area (Å²) in [6, 6.07) is 10.4. The Morgan fingerprint density at radius 3 is 1.55 bits per heavy atom. The first-order valence-electron chi connectivity index (χ1n) is 6.54. The van der Waals surface area contributed by atoms with E-state index in [4.69, 9.17) is 0 Å². The van der Waals surface area contributed by atoms with Crippen LogP contribution >= 0.6 is 31.9 Å². The number of nitrogens with zero attached hydrogens (tertiary/aromatic N) is 2. The van der Waals surface area contributed by atoms with Gasteiger partial charge in [0.1, 0.15) is 11.5 Å². The SMILES string of the molecule is Oc1cccc(Br)c1C=NCCN=Cc1c(O)cccc1Br. The molecule has 0 aliphatic heterocycles. The Labute approximate surface area is 145 Å². The predicted molar refractivity (Wildman–Crippen MR) is 96.5 cm³/mol. The smallest absolute Gasteiger partial charge is 0.125 e. The Hall–Kier alpha value is -1.66. The molecule has 0 amide bonds. The number of benzene rings is 2. The molecule has 2 aromatic rings. The number of aliphatic imine (C=N–C) groups is 2. The molecule has 6 heteroatoms. The highest BCUT2D eigenvalue weighted by molar-refractivity contribution is 9.10. The molecule has 2 aromatic carbocycles. The van der Waals surface area contributed by atoms with Gasteiger partial charge in [-0.2, -0.15) is 0 Å². The summed E-state index contributed by atoms with van der Waals surface area (Å²) in [5.41, 5.74) is 1.30. The van der Waals surface area contributed by atoms with E-state index in [1.54, 1.807) is 36.7 Å². The van der Waals surface area contributed by atoms with Crippen molar-refractivity contribution in [2.45, 2.75) is 0 Å². The zero-order valence-corrected chi connectivity index (χ0v) is 14.7. The molecule has 0 aliphatic carbocycles. The summed E-state index contributed by atoms with van der Waals surface area (Å²) in [7, 11) is 0. The molecule has 0 heterocycles. The molecule has 0 aromatic heterocycles. The van der Waals surface area contributed by atoms with E-state index in [1.165, 1.54) is 0 Å². The lowest BCUT2D eigenvalue weighted by atomic mass is 10.2. The minimum absolute atomic E-state index is 0.180. The third-order valence-electron chi connectivity index (χ3n) is 2.86. The summed E-state index contributed by atoms with van der Waals surface area (Å²) in [5, 5.41) is 19.4. The van der Waals surface area contributed by atoms with Crippen molar-refractivity contribution >= 4 is 44.3 Å². The van der Waals surface area contributed by atoms with Gasteiger partial charge >= 0.3 is 0 Å². The van der Waals surface area contributed by atoms with E-state index < -0.39 is 0 Å². The van der Waals surface area contributed by atoms with Crippen LogP contribution < -0.4 is 0 Å². The Balaban J connectivity index is 1.92. The van der Waals surface area contributed by atoms with Crippen LogP contribution in [0.1, 0.15) is 11.1 Å². The van der Waals surface area contributed by atoms with Crippen LogP contribution in [-0.2, 0) is 0 Å². The van der Waals surface area contributed by atoms with Gasteiger partial charge in [0, 0.05) is 32.5 Å². The Bertz CT molecular complexity index is 613. The number of hydrogen-bond acceptors (Lipinski definition) is 4. The molecule has 0 bridgehead atoms. The van der Waals surface area contributed by atoms with E-state index in [0.717, 1.165) is 8.95 Å². The molecule has 4 nitrogen and oxygen atoms in total. The van der Waals surface area contributed by atoms with E-state index in [0.29, 0.717) is 24.2 Å². The van der Waals surface area contributed by atoms with Crippen molar-refractivity contribution < 1.29 is 10.2 Å². The average molecular weight is 426 g/mol. The summed E-state index contributed by atoms with van der Waals surface area (Å²) in [6.45, 7) is 0.977. The standard InChI is InChI=1S/C16H14Br2N2O2/c17-13-3-1-5-15(21)11(13)9-19-7-8-20-10-12-14(18)4-2-6-16(12)22/h1-6,9-10,21-22H,7-8H2. The summed E-state index contributed by atoms with van der Waals surface area (Å²) in [4.78, 5) is 8.47. The van der Waals surface area contributed by atoms with Gasteiger partial charge in [-0.05, 0) is 56.1 Å². The highest BCUT2D eigenvalue weighted by Gasteiger charge is 2.02. The van der Waals surface area contributed by atoms with Gasteiger partial charge in [0.05, 0.1) is 13.1 Å². The van der Waals surface area contributed by atoms with Gasteiger partial charge in [-0.3, -0.25) is 9.98 Å². The van der Waals surface area contributed by atoms with Crippen LogP contribution in [0, 0.1) is 0 Å². The second-order valence-electron chi connectivity index (χ2n) is 4.42. The van der Waals surface area contributed by atoms with Gasteiger partial charge < -0.3 is 10.2 Å². The number of phenols is 2. The van der Waals surface area contributed by atoms with Crippen LogP contribution in [0.25, 0.3) is 0 Å². The first kappa shape index (κ1) is 16.7. The normalized spacial score (nSPS) is 11.5. The van der Waals surface area contributed by atoms with E-state index in [-0.39, 0.29) is 11.5 Å². The van der Waals surface area contributed by atoms with Crippen molar-refractivity contribution in [2.75, 3.05) is 13.1 Å². The monoisotopic (exact) mass is 424 g/mol. The fraction of sp³-hybridized carbons (Fsp3) is 0.125. The quantitative estimate of drug-likeness (QED) is 0.557. The number of phenolic OH excluding ortho intramolecular Hbond substituents is 2. The fourth-order valence-corrected chi connectivity index (χ4v) is 2.65. The zero-order chi connectivity index (χ0) is 15.9. The lowest BCUT2D eigenvalue weighted by Gasteiger charge is -2.01. The largest absolute Gasteiger partial charge is 0.507 e. The summed E-state index contributed by atoms with van der Waals surface area (Å²) >= 11 is 6.73. The molecule has 0 atom stereocenters. The maximum absolute atomic E-state index is 9.72. The average Bonchev–Trinajstić information content (AvgIpc) is 2.47. The fourth-order valence-electron chi connectivity index (χ4n) is 1.73. The Kier molecular flexibility index (Phi) is 6.15. The van der Waals surface area contributed by atoms with Crippen LogP contribution in [0.2, 0.25) is 0 Å². The van der Waals surface area contributed by atoms with Gasteiger partial charge in [-0.15, -0.1) is 0 Å². The first-order chi connectivity index (χ1) is 10.6. The molecule has 0 spiro atoms. The van der Waals surface area contributed by atoms with E-state index in [1.807, 2.05) is 12.1 Å². The molecule has 2 rings (SSSR count). The van der Waals surface area contributed by atoms with E-state index in [2.05, 4.69) is 41.8 Å². The Morgan fingerprint density at radius 2 is 1.18 bits per heavy atom. The van der Waals surface area contributed by atoms with Gasteiger partial charge in [0.15, 0.2) is 0 Å². The van der Waals surface area contributed by atoms with E-state index >= 15 is 0 Å². The maximum Gasteiger partial charge on any atom is 0.125 e. The molecule has 0 unspecified atom stereocenters. The minimum Gasteiger partial charge on any atom is -0.507 e. The van der Waals surface area contributed by atoms with Crippen LogP contribution in [0.5, 0.6) is 11.5 Å². The van der Waals surface area contributed by atoms with Crippen molar-refractivity contribution in [3.63, 3.8) is 0 Å². The molecular weight excluding hydrogens is 412 g/mol. The molecule has 0 saturated carbocycles. The number of halogens is 2. The van der Waals surface area contributed by atoms with Crippen molar-refractivity contribution in [1.29, 1.82) is 0 Å². The maximum atomic E-state index is 9.72. The van der Waals surface area contributed by atoms with Gasteiger partial charge in [0.2, 0.25) is 0 Å². The molecule has 2 N–H and O–H groups in total. The van der Waals surface area contributed by atoms with Crippen molar-refractivity contribution in [2.24, 2.45) is 9.98 Å². The summed E-state index contributed by atoms with van der Waals surface area (Å²) < 4.78 is 1.58. The zero-order valence-electron chi connectivity index (χ0n) is 11.6. The molecule has 114 valence electrons. The lowest BCUT2D eigenvalue weighted by Crippen LogP contribution is -1.92. The molecule has 0 radical (unpaired) electrons. The van der Waals surface area contributed by atoms with Crippen LogP contribution in [0.15, 0.2) is 55.3 Å². The third-order valence-corrected chi connectivity index (χ3v) is 4.24. The topological polar surface area (TPSA) is 65.2 Å². The third kappa shape index (κ3) is 4.42. The molecule has 22 heavy (non-hydrogen) atoms. The van der Waals surface area contributed by atoms with E-state index in [9.17, 15) is 10.2 Å². The van der Waals surface area contributed by atoms with Crippen molar-refractivity contribution in [3.8, 4) is 11.5 Å². The van der Waals surface area contributed by atoms with Gasteiger partial charge in [-0.25, -0.2) is 0 Å². The minimum atomic E-state index is 0.180. The highest BCUT2D eigenvalue weighted by atomic mass is 79.9. The van der Waals surface area contributed by atoms with Crippen LogP contribution in [0.4, 0.5) is 0 Å². The van der Waals surface area contributed by atoms with Crippen molar-refractivity contribution in [1.82, 2.24) is 0 Å². The van der Waals surface area contributed by atoms with Crippen molar-refractivity contribution in [3.05, 3.63) is 56.5 Å². The second-order valence-corrected chi connectivity index (χ2v) is 6.12. The first-order valence-corrected chi connectivity index (χ1v) is 8.13.